The molecular weight excluding hydrogens is 254 g/mol. The summed E-state index contributed by atoms with van der Waals surface area (Å²) in [4.78, 5) is 13.5. The second-order valence-electron chi connectivity index (χ2n) is 5.63. The molecule has 110 valence electrons. The van der Waals surface area contributed by atoms with Gasteiger partial charge in [0.05, 0.1) is 12.2 Å². The van der Waals surface area contributed by atoms with E-state index < -0.39 is 0 Å². The molecule has 6 heteroatoms. The van der Waals surface area contributed by atoms with Gasteiger partial charge in [-0.2, -0.15) is 0 Å². The van der Waals surface area contributed by atoms with Gasteiger partial charge in [-0.25, -0.2) is 9.97 Å². The van der Waals surface area contributed by atoms with Crippen LogP contribution in [0.4, 0.5) is 11.6 Å². The third kappa shape index (κ3) is 3.02. The first-order chi connectivity index (χ1) is 9.72. The molecular formula is C14H23N5O. The molecule has 0 unspecified atom stereocenters. The Balaban J connectivity index is 1.76. The second-order valence-corrected chi connectivity index (χ2v) is 5.63. The molecule has 0 radical (unpaired) electrons. The Bertz CT molecular complexity index is 439. The summed E-state index contributed by atoms with van der Waals surface area (Å²) in [6.07, 6.45) is 2.17. The highest BCUT2D eigenvalue weighted by atomic mass is 16.5. The standard InChI is InChI=1S/C14H23N5O/c1-11-8-19(9-12(2)20-11)14-7-13(16-10-17-14)18-5-3-15-4-6-18/h7,10-12,15H,3-6,8-9H2,1-2H3/t11-,12+. The number of aromatic nitrogens is 2. The second kappa shape index (κ2) is 5.93. The molecule has 2 atom stereocenters. The summed E-state index contributed by atoms with van der Waals surface area (Å²) in [6, 6.07) is 2.11. The summed E-state index contributed by atoms with van der Waals surface area (Å²) < 4.78 is 5.78. The molecule has 1 N–H and O–H groups in total. The van der Waals surface area contributed by atoms with E-state index in [4.69, 9.17) is 4.74 Å². The van der Waals surface area contributed by atoms with Crippen molar-refractivity contribution in [3.8, 4) is 0 Å². The van der Waals surface area contributed by atoms with Crippen LogP contribution in [0.1, 0.15) is 13.8 Å². The van der Waals surface area contributed by atoms with Crippen molar-refractivity contribution in [3.63, 3.8) is 0 Å². The minimum atomic E-state index is 0.247. The predicted molar refractivity (Wildman–Crippen MR) is 79.3 cm³/mol. The normalized spacial score (nSPS) is 27.7. The van der Waals surface area contributed by atoms with Crippen LogP contribution in [0.5, 0.6) is 0 Å². The first-order valence-electron chi connectivity index (χ1n) is 7.40. The minimum absolute atomic E-state index is 0.247. The molecule has 2 saturated heterocycles. The van der Waals surface area contributed by atoms with Crippen LogP contribution in [0.15, 0.2) is 12.4 Å². The van der Waals surface area contributed by atoms with E-state index >= 15 is 0 Å². The fraction of sp³-hybridized carbons (Fsp3) is 0.714. The Morgan fingerprint density at radius 2 is 1.65 bits per heavy atom. The van der Waals surface area contributed by atoms with Gasteiger partial charge in [-0.05, 0) is 13.8 Å². The van der Waals surface area contributed by atoms with Crippen molar-refractivity contribution in [1.29, 1.82) is 0 Å². The van der Waals surface area contributed by atoms with E-state index in [0.29, 0.717) is 0 Å². The molecule has 3 heterocycles. The van der Waals surface area contributed by atoms with Crippen LogP contribution in [0, 0.1) is 0 Å². The van der Waals surface area contributed by atoms with E-state index in [0.717, 1.165) is 50.9 Å². The Labute approximate surface area is 120 Å². The van der Waals surface area contributed by atoms with E-state index in [1.54, 1.807) is 6.33 Å². The van der Waals surface area contributed by atoms with Crippen molar-refractivity contribution in [2.24, 2.45) is 0 Å². The van der Waals surface area contributed by atoms with Gasteiger partial charge in [-0.15, -0.1) is 0 Å². The zero-order valence-corrected chi connectivity index (χ0v) is 12.2. The fourth-order valence-electron chi connectivity index (χ4n) is 2.94. The summed E-state index contributed by atoms with van der Waals surface area (Å²) in [6.45, 7) is 10.1. The van der Waals surface area contributed by atoms with Gasteiger partial charge in [-0.1, -0.05) is 0 Å². The van der Waals surface area contributed by atoms with Crippen LogP contribution in [-0.2, 0) is 4.74 Å². The zero-order valence-electron chi connectivity index (χ0n) is 12.2. The van der Waals surface area contributed by atoms with Gasteiger partial charge in [0.15, 0.2) is 0 Å². The molecule has 3 rings (SSSR count). The van der Waals surface area contributed by atoms with E-state index in [1.165, 1.54) is 0 Å². The van der Waals surface area contributed by atoms with Gasteiger partial charge < -0.3 is 19.9 Å². The maximum Gasteiger partial charge on any atom is 0.134 e. The van der Waals surface area contributed by atoms with Crippen LogP contribution < -0.4 is 15.1 Å². The summed E-state index contributed by atoms with van der Waals surface area (Å²) in [5.41, 5.74) is 0. The summed E-state index contributed by atoms with van der Waals surface area (Å²) >= 11 is 0. The molecule has 1 aromatic heterocycles. The molecule has 2 aliphatic rings. The summed E-state index contributed by atoms with van der Waals surface area (Å²) in [7, 11) is 0. The fourth-order valence-corrected chi connectivity index (χ4v) is 2.94. The number of nitrogens with zero attached hydrogens (tertiary/aromatic N) is 4. The average Bonchev–Trinajstić information content (AvgIpc) is 2.47. The predicted octanol–water partition coefficient (Wildman–Crippen LogP) is 0.500. The minimum Gasteiger partial charge on any atom is -0.372 e. The highest BCUT2D eigenvalue weighted by Gasteiger charge is 2.24. The lowest BCUT2D eigenvalue weighted by molar-refractivity contribution is -0.00546. The molecule has 1 aromatic rings. The highest BCUT2D eigenvalue weighted by molar-refractivity contribution is 5.50. The van der Waals surface area contributed by atoms with Crippen molar-refractivity contribution in [1.82, 2.24) is 15.3 Å². The van der Waals surface area contributed by atoms with Crippen molar-refractivity contribution in [2.75, 3.05) is 49.1 Å². The number of piperazine rings is 1. The smallest absolute Gasteiger partial charge is 0.134 e. The SMILES string of the molecule is C[C@@H]1CN(c2cc(N3CCNCC3)ncn2)C[C@H](C)O1. The number of anilines is 2. The van der Waals surface area contributed by atoms with Crippen molar-refractivity contribution in [3.05, 3.63) is 12.4 Å². The van der Waals surface area contributed by atoms with Crippen LogP contribution in [0.3, 0.4) is 0 Å². The average molecular weight is 277 g/mol. The lowest BCUT2D eigenvalue weighted by atomic mass is 10.2. The van der Waals surface area contributed by atoms with Crippen LogP contribution in [0.25, 0.3) is 0 Å². The Morgan fingerprint density at radius 1 is 1.05 bits per heavy atom. The molecule has 0 bridgehead atoms. The largest absolute Gasteiger partial charge is 0.372 e. The molecule has 6 nitrogen and oxygen atoms in total. The molecule has 0 spiro atoms. The van der Waals surface area contributed by atoms with Gasteiger partial charge in [0, 0.05) is 45.3 Å². The highest BCUT2D eigenvalue weighted by Crippen LogP contribution is 2.21. The number of hydrogen-bond acceptors (Lipinski definition) is 6. The van der Waals surface area contributed by atoms with Crippen LogP contribution >= 0.6 is 0 Å². The van der Waals surface area contributed by atoms with E-state index in [2.05, 4.69) is 45.0 Å². The van der Waals surface area contributed by atoms with Crippen molar-refractivity contribution in [2.45, 2.75) is 26.1 Å². The van der Waals surface area contributed by atoms with Crippen LogP contribution in [-0.4, -0.2) is 61.4 Å². The molecule has 0 aromatic carbocycles. The Hall–Kier alpha value is -1.40. The lowest BCUT2D eigenvalue weighted by Crippen LogP contribution is -2.46. The zero-order chi connectivity index (χ0) is 13.9. The van der Waals surface area contributed by atoms with Gasteiger partial charge >= 0.3 is 0 Å². The number of ether oxygens (including phenoxy) is 1. The molecule has 0 amide bonds. The molecule has 2 fully saturated rings. The molecule has 2 aliphatic heterocycles. The summed E-state index contributed by atoms with van der Waals surface area (Å²) in [5, 5.41) is 3.36. The molecule has 0 aliphatic carbocycles. The molecule has 20 heavy (non-hydrogen) atoms. The first kappa shape index (κ1) is 13.6. The maximum absolute atomic E-state index is 5.78. The number of nitrogens with one attached hydrogen (secondary N) is 1. The van der Waals surface area contributed by atoms with Crippen molar-refractivity contribution < 1.29 is 4.74 Å². The monoisotopic (exact) mass is 277 g/mol. The van der Waals surface area contributed by atoms with Gasteiger partial charge in [-0.3, -0.25) is 0 Å². The van der Waals surface area contributed by atoms with Gasteiger partial charge in [0.1, 0.15) is 18.0 Å². The van der Waals surface area contributed by atoms with Gasteiger partial charge in [0.2, 0.25) is 0 Å². The third-order valence-corrected chi connectivity index (χ3v) is 3.82. The van der Waals surface area contributed by atoms with E-state index in [-0.39, 0.29) is 12.2 Å². The topological polar surface area (TPSA) is 53.5 Å². The number of hydrogen-bond donors (Lipinski definition) is 1. The third-order valence-electron chi connectivity index (χ3n) is 3.82. The number of morpholine rings is 1. The first-order valence-corrected chi connectivity index (χ1v) is 7.40. The summed E-state index contributed by atoms with van der Waals surface area (Å²) in [5.74, 6) is 2.04. The Morgan fingerprint density at radius 3 is 2.30 bits per heavy atom. The van der Waals surface area contributed by atoms with Gasteiger partial charge in [0.25, 0.3) is 0 Å². The van der Waals surface area contributed by atoms with E-state index in [9.17, 15) is 0 Å². The number of rotatable bonds is 2. The maximum atomic E-state index is 5.78. The quantitative estimate of drug-likeness (QED) is 0.849. The van der Waals surface area contributed by atoms with Crippen molar-refractivity contribution >= 4 is 11.6 Å². The lowest BCUT2D eigenvalue weighted by Gasteiger charge is -2.36. The molecule has 0 saturated carbocycles. The van der Waals surface area contributed by atoms with Crippen LogP contribution in [0.2, 0.25) is 0 Å². The Kier molecular flexibility index (Phi) is 4.03. The van der Waals surface area contributed by atoms with E-state index in [1.807, 2.05) is 0 Å².